The lowest BCUT2D eigenvalue weighted by Crippen LogP contribution is -2.43. The standard InChI is InChI=1S/C21H25N3O5S/c1-17-9-11-20(12-10-17)30(28,29)23(18-7-6-8-19(15-18)24(26)27)16-21(25)22-13-4-2-3-5-14-22/h6-12,15H,2-5,13-14,16H2,1H3. The number of rotatable bonds is 6. The Morgan fingerprint density at radius 2 is 1.70 bits per heavy atom. The zero-order chi connectivity index (χ0) is 21.7. The van der Waals surface area contributed by atoms with Crippen LogP contribution in [0.2, 0.25) is 0 Å². The Kier molecular flexibility index (Phi) is 6.71. The third-order valence-corrected chi connectivity index (χ3v) is 6.96. The van der Waals surface area contributed by atoms with Crippen molar-refractivity contribution in [1.29, 1.82) is 0 Å². The number of nitro benzene ring substituents is 1. The second-order valence-electron chi connectivity index (χ2n) is 7.40. The molecule has 1 heterocycles. The minimum absolute atomic E-state index is 0.0308. The van der Waals surface area contributed by atoms with E-state index in [1.54, 1.807) is 17.0 Å². The van der Waals surface area contributed by atoms with Gasteiger partial charge in [0.25, 0.3) is 15.7 Å². The molecular weight excluding hydrogens is 406 g/mol. The minimum atomic E-state index is -4.09. The Morgan fingerprint density at radius 1 is 1.07 bits per heavy atom. The Bertz CT molecular complexity index is 1010. The lowest BCUT2D eigenvalue weighted by Gasteiger charge is -2.27. The maximum absolute atomic E-state index is 13.4. The summed E-state index contributed by atoms with van der Waals surface area (Å²) in [7, 11) is -4.09. The first-order valence-corrected chi connectivity index (χ1v) is 11.3. The first-order chi connectivity index (χ1) is 14.3. The molecule has 2 aromatic carbocycles. The fourth-order valence-electron chi connectivity index (χ4n) is 3.46. The fraction of sp³-hybridized carbons (Fsp3) is 0.381. The fourth-order valence-corrected chi connectivity index (χ4v) is 4.86. The number of nitro groups is 1. The number of hydrogen-bond acceptors (Lipinski definition) is 5. The highest BCUT2D eigenvalue weighted by atomic mass is 32.2. The molecule has 3 rings (SSSR count). The molecule has 2 aromatic rings. The lowest BCUT2D eigenvalue weighted by atomic mass is 10.2. The predicted molar refractivity (Wildman–Crippen MR) is 114 cm³/mol. The number of carbonyl (C=O) groups is 1. The molecule has 0 bridgehead atoms. The second-order valence-corrected chi connectivity index (χ2v) is 9.26. The van der Waals surface area contributed by atoms with Crippen LogP contribution >= 0.6 is 0 Å². The molecule has 1 aliphatic heterocycles. The highest BCUT2D eigenvalue weighted by molar-refractivity contribution is 7.92. The summed E-state index contributed by atoms with van der Waals surface area (Å²) in [6.45, 7) is 2.62. The summed E-state index contributed by atoms with van der Waals surface area (Å²) in [6.07, 6.45) is 3.85. The molecule has 8 nitrogen and oxygen atoms in total. The first kappa shape index (κ1) is 21.8. The number of sulfonamides is 1. The number of amides is 1. The average molecular weight is 432 g/mol. The van der Waals surface area contributed by atoms with E-state index in [2.05, 4.69) is 0 Å². The molecule has 160 valence electrons. The van der Waals surface area contributed by atoms with E-state index in [1.165, 1.54) is 36.4 Å². The largest absolute Gasteiger partial charge is 0.341 e. The van der Waals surface area contributed by atoms with E-state index >= 15 is 0 Å². The van der Waals surface area contributed by atoms with Crippen LogP contribution in [0.1, 0.15) is 31.2 Å². The molecule has 1 saturated heterocycles. The second kappa shape index (κ2) is 9.25. The van der Waals surface area contributed by atoms with E-state index in [1.807, 2.05) is 6.92 Å². The van der Waals surface area contributed by atoms with E-state index < -0.39 is 21.5 Å². The Morgan fingerprint density at radius 3 is 2.30 bits per heavy atom. The van der Waals surface area contributed by atoms with Gasteiger partial charge in [-0.05, 0) is 38.0 Å². The summed E-state index contributed by atoms with van der Waals surface area (Å²) in [5.41, 5.74) is 0.753. The maximum Gasteiger partial charge on any atom is 0.271 e. The van der Waals surface area contributed by atoms with Gasteiger partial charge in [0.2, 0.25) is 5.91 Å². The van der Waals surface area contributed by atoms with Crippen molar-refractivity contribution < 1.29 is 18.1 Å². The van der Waals surface area contributed by atoms with Crippen molar-refractivity contribution in [3.8, 4) is 0 Å². The number of anilines is 1. The van der Waals surface area contributed by atoms with Crippen molar-refractivity contribution >= 4 is 27.3 Å². The summed E-state index contributed by atoms with van der Waals surface area (Å²) in [5, 5.41) is 11.2. The van der Waals surface area contributed by atoms with E-state index in [0.29, 0.717) is 13.1 Å². The summed E-state index contributed by atoms with van der Waals surface area (Å²) >= 11 is 0. The minimum Gasteiger partial charge on any atom is -0.341 e. The van der Waals surface area contributed by atoms with Gasteiger partial charge < -0.3 is 4.90 Å². The Hall–Kier alpha value is -2.94. The molecule has 0 radical (unpaired) electrons. The van der Waals surface area contributed by atoms with Crippen LogP contribution in [-0.4, -0.2) is 43.8 Å². The topological polar surface area (TPSA) is 101 Å². The van der Waals surface area contributed by atoms with E-state index in [9.17, 15) is 23.3 Å². The molecule has 0 saturated carbocycles. The maximum atomic E-state index is 13.4. The smallest absolute Gasteiger partial charge is 0.271 e. The number of likely N-dealkylation sites (tertiary alicyclic amines) is 1. The molecule has 0 spiro atoms. The SMILES string of the molecule is Cc1ccc(S(=O)(=O)N(CC(=O)N2CCCCCC2)c2cccc([N+](=O)[O-])c2)cc1. The van der Waals surface area contributed by atoms with Gasteiger partial charge >= 0.3 is 0 Å². The third-order valence-electron chi connectivity index (χ3n) is 5.18. The first-order valence-electron chi connectivity index (χ1n) is 9.91. The molecule has 30 heavy (non-hydrogen) atoms. The van der Waals surface area contributed by atoms with Crippen molar-refractivity contribution in [2.75, 3.05) is 23.9 Å². The van der Waals surface area contributed by atoms with Gasteiger partial charge in [-0.1, -0.05) is 36.6 Å². The van der Waals surface area contributed by atoms with Crippen LogP contribution in [0.15, 0.2) is 53.4 Å². The van der Waals surface area contributed by atoms with E-state index in [0.717, 1.165) is 35.6 Å². The van der Waals surface area contributed by atoms with Crippen molar-refractivity contribution in [3.05, 3.63) is 64.2 Å². The van der Waals surface area contributed by atoms with Gasteiger partial charge in [0.05, 0.1) is 15.5 Å². The normalized spacial score (nSPS) is 14.8. The summed E-state index contributed by atoms with van der Waals surface area (Å²) in [4.78, 5) is 25.3. The number of carbonyl (C=O) groups excluding carboxylic acids is 1. The van der Waals surface area contributed by atoms with Crippen molar-refractivity contribution in [2.24, 2.45) is 0 Å². The highest BCUT2D eigenvalue weighted by Gasteiger charge is 2.30. The molecule has 0 aliphatic carbocycles. The molecular formula is C21H25N3O5S. The van der Waals surface area contributed by atoms with Gasteiger partial charge in [-0.25, -0.2) is 8.42 Å². The number of aryl methyl sites for hydroxylation is 1. The number of benzene rings is 2. The molecule has 0 N–H and O–H groups in total. The summed E-state index contributed by atoms with van der Waals surface area (Å²) in [6, 6.07) is 11.7. The van der Waals surface area contributed by atoms with Gasteiger partial charge in [0, 0.05) is 25.2 Å². The third kappa shape index (κ3) is 4.96. The van der Waals surface area contributed by atoms with Crippen LogP contribution in [0.4, 0.5) is 11.4 Å². The highest BCUT2D eigenvalue weighted by Crippen LogP contribution is 2.27. The summed E-state index contributed by atoms with van der Waals surface area (Å²) in [5.74, 6) is -0.306. The van der Waals surface area contributed by atoms with Gasteiger partial charge in [-0.15, -0.1) is 0 Å². The van der Waals surface area contributed by atoms with Gasteiger partial charge in [0.15, 0.2) is 0 Å². The molecule has 1 aliphatic rings. The Balaban J connectivity index is 2.00. The zero-order valence-electron chi connectivity index (χ0n) is 16.9. The quantitative estimate of drug-likeness (QED) is 0.515. The monoisotopic (exact) mass is 431 g/mol. The van der Waals surface area contributed by atoms with Gasteiger partial charge in [0.1, 0.15) is 6.54 Å². The van der Waals surface area contributed by atoms with Crippen molar-refractivity contribution in [3.63, 3.8) is 0 Å². The Labute approximate surface area is 176 Å². The van der Waals surface area contributed by atoms with Crippen LogP contribution in [-0.2, 0) is 14.8 Å². The van der Waals surface area contributed by atoms with Crippen molar-refractivity contribution in [2.45, 2.75) is 37.5 Å². The van der Waals surface area contributed by atoms with Crippen molar-refractivity contribution in [1.82, 2.24) is 4.90 Å². The predicted octanol–water partition coefficient (Wildman–Crippen LogP) is 3.50. The van der Waals surface area contributed by atoms with Gasteiger partial charge in [-0.2, -0.15) is 0 Å². The zero-order valence-corrected chi connectivity index (χ0v) is 17.7. The van der Waals surface area contributed by atoms with E-state index in [4.69, 9.17) is 0 Å². The molecule has 0 aromatic heterocycles. The molecule has 0 atom stereocenters. The number of nitrogens with zero attached hydrogens (tertiary/aromatic N) is 3. The number of non-ortho nitro benzene ring substituents is 1. The van der Waals surface area contributed by atoms with Crippen LogP contribution in [0.3, 0.4) is 0 Å². The molecule has 0 unspecified atom stereocenters. The summed E-state index contributed by atoms with van der Waals surface area (Å²) < 4.78 is 27.8. The molecule has 1 fully saturated rings. The van der Waals surface area contributed by atoms with Gasteiger partial charge in [-0.3, -0.25) is 19.2 Å². The van der Waals surface area contributed by atoms with Crippen LogP contribution in [0.5, 0.6) is 0 Å². The van der Waals surface area contributed by atoms with Crippen LogP contribution in [0, 0.1) is 17.0 Å². The van der Waals surface area contributed by atoms with E-state index in [-0.39, 0.29) is 22.2 Å². The molecule has 9 heteroatoms. The molecule has 1 amide bonds. The van der Waals surface area contributed by atoms with Crippen LogP contribution < -0.4 is 4.31 Å². The lowest BCUT2D eigenvalue weighted by molar-refractivity contribution is -0.384. The number of hydrogen-bond donors (Lipinski definition) is 0. The average Bonchev–Trinajstić information content (AvgIpc) is 3.02. The van der Waals surface area contributed by atoms with Crippen LogP contribution in [0.25, 0.3) is 0 Å².